The average Bonchev–Trinajstić information content (AvgIpc) is 2.54. The molecule has 2 heterocycles. The van der Waals surface area contributed by atoms with Gasteiger partial charge in [-0.05, 0) is 51.1 Å². The Morgan fingerprint density at radius 1 is 1.00 bits per heavy atom. The van der Waals surface area contributed by atoms with Gasteiger partial charge in [-0.15, -0.1) is 0 Å². The van der Waals surface area contributed by atoms with E-state index in [0.717, 1.165) is 32.2 Å². The van der Waals surface area contributed by atoms with Crippen LogP contribution < -0.4 is 74.2 Å². The summed E-state index contributed by atoms with van der Waals surface area (Å²) in [6.45, 7) is 1.27. The van der Waals surface area contributed by atoms with Crippen LogP contribution in [-0.2, 0) is 18.2 Å². The van der Waals surface area contributed by atoms with Crippen molar-refractivity contribution in [2.75, 3.05) is 13.1 Å². The molecular formula is C14H25NNa2O7P2. The summed E-state index contributed by atoms with van der Waals surface area (Å²) in [6, 6.07) is 0. The fourth-order valence-corrected chi connectivity index (χ4v) is 7.73. The quantitative estimate of drug-likeness (QED) is 0.339. The van der Waals surface area contributed by atoms with Crippen molar-refractivity contribution >= 4 is 15.2 Å². The molecule has 8 nitrogen and oxygen atoms in total. The van der Waals surface area contributed by atoms with Crippen LogP contribution in [0.15, 0.2) is 0 Å². The summed E-state index contributed by atoms with van der Waals surface area (Å²) in [5.74, 6) is -0.532. The molecule has 3 rings (SSSR count). The molecule has 3 aliphatic rings. The number of hydrogen-bond donors (Lipinski definition) is 2. The summed E-state index contributed by atoms with van der Waals surface area (Å²) in [7, 11) is -10.1. The largest absolute Gasteiger partial charge is 1.00 e. The Bertz CT molecular complexity index is 529. The van der Waals surface area contributed by atoms with Crippen molar-refractivity contribution in [2.24, 2.45) is 11.8 Å². The standard InChI is InChI=1S/C14H27NO7P2.2Na/c16-14(9-11-5-4-8-15-10-11)23(17,18)21-13(22-24(14,19)20)12-6-2-1-3-7-12;;/h11-13,15-16H,1-10H2,(H,17,18)(H,19,20);;/q;2*+1/p-2. The maximum Gasteiger partial charge on any atom is 1.00 e. The first-order valence-electron chi connectivity index (χ1n) is 8.67. The summed E-state index contributed by atoms with van der Waals surface area (Å²) in [6.07, 6.45) is 3.84. The molecule has 0 bridgehead atoms. The molecule has 0 spiro atoms. The van der Waals surface area contributed by atoms with Crippen molar-refractivity contribution < 1.29 is 92.2 Å². The Morgan fingerprint density at radius 3 is 2.08 bits per heavy atom. The second kappa shape index (κ2) is 10.5. The van der Waals surface area contributed by atoms with Crippen LogP contribution >= 0.6 is 15.2 Å². The third kappa shape index (κ3) is 5.47. The van der Waals surface area contributed by atoms with E-state index < -0.39 is 33.0 Å². The molecule has 0 aromatic carbocycles. The van der Waals surface area contributed by atoms with Gasteiger partial charge in [0.25, 0.3) is 0 Å². The molecule has 0 aromatic rings. The molecule has 1 aliphatic carbocycles. The van der Waals surface area contributed by atoms with E-state index in [2.05, 4.69) is 5.32 Å². The molecular weight excluding hydrogens is 402 g/mol. The zero-order valence-electron chi connectivity index (χ0n) is 15.6. The van der Waals surface area contributed by atoms with E-state index in [4.69, 9.17) is 9.05 Å². The minimum Gasteiger partial charge on any atom is -0.776 e. The zero-order chi connectivity index (χ0) is 17.4. The third-order valence-corrected chi connectivity index (χ3v) is 9.92. The molecule has 2 saturated heterocycles. The first kappa shape index (κ1) is 26.3. The fourth-order valence-electron chi connectivity index (χ4n) is 3.90. The Kier molecular flexibility index (Phi) is 10.6. The zero-order valence-corrected chi connectivity index (χ0v) is 21.4. The fraction of sp³-hybridized carbons (Fsp3) is 1.00. The van der Waals surface area contributed by atoms with E-state index >= 15 is 0 Å². The molecule has 140 valence electrons. The predicted molar refractivity (Wildman–Crippen MR) is 82.9 cm³/mol. The molecule has 3 atom stereocenters. The van der Waals surface area contributed by atoms with Gasteiger partial charge in [-0.2, -0.15) is 0 Å². The Morgan fingerprint density at radius 2 is 1.58 bits per heavy atom. The van der Waals surface area contributed by atoms with Crippen molar-refractivity contribution in [3.63, 3.8) is 0 Å². The Hall–Kier alpha value is 2.22. The van der Waals surface area contributed by atoms with Crippen molar-refractivity contribution in [2.45, 2.75) is 62.7 Å². The number of rotatable bonds is 3. The van der Waals surface area contributed by atoms with Gasteiger partial charge in [-0.3, -0.25) is 0 Å². The maximum atomic E-state index is 12.5. The molecule has 12 heteroatoms. The second-order valence-electron chi connectivity index (χ2n) is 7.16. The van der Waals surface area contributed by atoms with E-state index in [9.17, 15) is 24.0 Å². The molecule has 2 N–H and O–H groups in total. The summed E-state index contributed by atoms with van der Waals surface area (Å²) in [5.41, 5.74) is 0. The molecule has 2 aliphatic heterocycles. The molecule has 0 radical (unpaired) electrons. The van der Waals surface area contributed by atoms with Gasteiger partial charge in [0.1, 0.15) is 0 Å². The van der Waals surface area contributed by atoms with Gasteiger partial charge in [0, 0.05) is 5.92 Å². The molecule has 3 fully saturated rings. The maximum absolute atomic E-state index is 12.5. The van der Waals surface area contributed by atoms with E-state index in [1.165, 1.54) is 0 Å². The van der Waals surface area contributed by atoms with Crippen LogP contribution in [-0.4, -0.2) is 29.6 Å². The molecule has 3 unspecified atom stereocenters. The van der Waals surface area contributed by atoms with Crippen LogP contribution in [0.3, 0.4) is 0 Å². The predicted octanol–water partition coefficient (Wildman–Crippen LogP) is -4.91. The Labute approximate surface area is 198 Å². The number of hydrogen-bond acceptors (Lipinski definition) is 8. The van der Waals surface area contributed by atoms with Crippen LogP contribution in [0.1, 0.15) is 51.4 Å². The molecule has 26 heavy (non-hydrogen) atoms. The topological polar surface area (TPSA) is 131 Å². The van der Waals surface area contributed by atoms with Gasteiger partial charge in [-0.1, -0.05) is 19.3 Å². The van der Waals surface area contributed by atoms with E-state index in [1.807, 2.05) is 0 Å². The second-order valence-corrected chi connectivity index (χ2v) is 11.4. The van der Waals surface area contributed by atoms with Crippen molar-refractivity contribution in [3.8, 4) is 0 Å². The van der Waals surface area contributed by atoms with Crippen molar-refractivity contribution in [1.29, 1.82) is 0 Å². The minimum atomic E-state index is -5.04. The molecule has 0 aromatic heterocycles. The van der Waals surface area contributed by atoms with Crippen LogP contribution in [0.25, 0.3) is 0 Å². The van der Waals surface area contributed by atoms with Gasteiger partial charge in [0.2, 0.25) is 0 Å². The number of aliphatic hydroxyl groups is 1. The molecule has 1 saturated carbocycles. The smallest absolute Gasteiger partial charge is 0.776 e. The van der Waals surface area contributed by atoms with Gasteiger partial charge in [-0.25, -0.2) is 0 Å². The summed E-state index contributed by atoms with van der Waals surface area (Å²) < 4.78 is 35.1. The van der Waals surface area contributed by atoms with E-state index in [-0.39, 0.29) is 71.0 Å². The SMILES string of the molecule is O=P1([O-])OC(C2CCCCC2)OP(=O)([O-])C1(O)CC1CCCNC1.[Na+].[Na+]. The van der Waals surface area contributed by atoms with Crippen molar-refractivity contribution in [1.82, 2.24) is 5.32 Å². The van der Waals surface area contributed by atoms with Crippen LogP contribution in [0.2, 0.25) is 0 Å². The van der Waals surface area contributed by atoms with Crippen LogP contribution in [0.4, 0.5) is 0 Å². The summed E-state index contributed by atoms with van der Waals surface area (Å²) >= 11 is 0. The normalized spacial score (nSPS) is 44.6. The summed E-state index contributed by atoms with van der Waals surface area (Å²) in [4.78, 5) is 25.1. The van der Waals surface area contributed by atoms with E-state index in [1.54, 1.807) is 0 Å². The number of nitrogens with one attached hydrogen (secondary N) is 1. The van der Waals surface area contributed by atoms with Gasteiger partial charge in [0.15, 0.2) is 26.6 Å². The Balaban J connectivity index is 0.00000169. The van der Waals surface area contributed by atoms with Gasteiger partial charge >= 0.3 is 59.1 Å². The minimum absolute atomic E-state index is 0. The van der Waals surface area contributed by atoms with Gasteiger partial charge in [0.05, 0.1) is 0 Å². The van der Waals surface area contributed by atoms with Gasteiger partial charge < -0.3 is 38.4 Å². The summed E-state index contributed by atoms with van der Waals surface area (Å²) in [5, 5.41) is 10.7. The van der Waals surface area contributed by atoms with Crippen LogP contribution in [0.5, 0.6) is 0 Å². The first-order valence-corrected chi connectivity index (χ1v) is 11.8. The first-order chi connectivity index (χ1) is 11.3. The molecule has 0 amide bonds. The third-order valence-electron chi connectivity index (χ3n) is 5.36. The number of piperidine rings is 1. The van der Waals surface area contributed by atoms with E-state index in [0.29, 0.717) is 25.8 Å². The van der Waals surface area contributed by atoms with Crippen LogP contribution in [0, 0.1) is 11.8 Å². The van der Waals surface area contributed by atoms with Crippen molar-refractivity contribution in [3.05, 3.63) is 0 Å². The average molecular weight is 427 g/mol. The monoisotopic (exact) mass is 427 g/mol.